The number of hydrogen-bond donors (Lipinski definition) is 1. The molecule has 0 amide bonds. The van der Waals surface area contributed by atoms with E-state index in [0.29, 0.717) is 11.3 Å². The molecule has 17 heavy (non-hydrogen) atoms. The summed E-state index contributed by atoms with van der Waals surface area (Å²) in [6.07, 6.45) is 5.18. The lowest BCUT2D eigenvalue weighted by Gasteiger charge is -2.01. The van der Waals surface area contributed by atoms with E-state index in [1.807, 2.05) is 18.3 Å². The zero-order valence-corrected chi connectivity index (χ0v) is 9.46. The molecule has 0 spiro atoms. The van der Waals surface area contributed by atoms with Crippen LogP contribution in [-0.4, -0.2) is 19.5 Å². The summed E-state index contributed by atoms with van der Waals surface area (Å²) < 4.78 is 1.76. The summed E-state index contributed by atoms with van der Waals surface area (Å²) in [6.45, 7) is 0. The molecule has 0 fully saturated rings. The second-order valence-electron chi connectivity index (χ2n) is 3.57. The zero-order chi connectivity index (χ0) is 11.8. The SMILES string of the molecule is Oc1cccn2c(-c3ccncc3)nc(Cl)c12. The predicted molar refractivity (Wildman–Crippen MR) is 65.1 cm³/mol. The first kappa shape index (κ1) is 10.1. The molecule has 0 radical (unpaired) electrons. The summed E-state index contributed by atoms with van der Waals surface area (Å²) in [7, 11) is 0. The van der Waals surface area contributed by atoms with Crippen molar-refractivity contribution in [1.82, 2.24) is 14.4 Å². The van der Waals surface area contributed by atoms with E-state index in [1.54, 1.807) is 28.9 Å². The Kier molecular flexibility index (Phi) is 2.23. The summed E-state index contributed by atoms with van der Waals surface area (Å²) in [5.74, 6) is 0.800. The maximum atomic E-state index is 9.75. The molecule has 0 aliphatic heterocycles. The van der Waals surface area contributed by atoms with Crippen molar-refractivity contribution in [1.29, 1.82) is 0 Å². The molecule has 4 nitrogen and oxygen atoms in total. The number of halogens is 1. The Hall–Kier alpha value is -2.07. The molecule has 3 aromatic heterocycles. The van der Waals surface area contributed by atoms with Crippen LogP contribution in [0.25, 0.3) is 16.9 Å². The zero-order valence-electron chi connectivity index (χ0n) is 8.71. The smallest absolute Gasteiger partial charge is 0.159 e. The lowest BCUT2D eigenvalue weighted by atomic mass is 10.2. The van der Waals surface area contributed by atoms with Gasteiger partial charge in [0.1, 0.15) is 17.1 Å². The second kappa shape index (κ2) is 3.75. The molecule has 0 bridgehead atoms. The van der Waals surface area contributed by atoms with Crippen LogP contribution in [0.4, 0.5) is 0 Å². The van der Waals surface area contributed by atoms with Crippen molar-refractivity contribution < 1.29 is 5.11 Å². The highest BCUT2D eigenvalue weighted by atomic mass is 35.5. The Bertz CT molecular complexity index is 679. The minimum Gasteiger partial charge on any atom is -0.506 e. The van der Waals surface area contributed by atoms with Crippen LogP contribution in [0.5, 0.6) is 5.75 Å². The van der Waals surface area contributed by atoms with Crippen LogP contribution < -0.4 is 0 Å². The van der Waals surface area contributed by atoms with E-state index in [4.69, 9.17) is 11.6 Å². The second-order valence-corrected chi connectivity index (χ2v) is 3.93. The van der Waals surface area contributed by atoms with Crippen LogP contribution in [0.3, 0.4) is 0 Å². The molecule has 84 valence electrons. The van der Waals surface area contributed by atoms with Crippen molar-refractivity contribution in [2.75, 3.05) is 0 Å². The van der Waals surface area contributed by atoms with Crippen molar-refractivity contribution in [2.24, 2.45) is 0 Å². The number of hydrogen-bond acceptors (Lipinski definition) is 3. The number of fused-ring (bicyclic) bond motifs is 1. The molecule has 5 heteroatoms. The summed E-state index contributed by atoms with van der Waals surface area (Å²) in [5.41, 5.74) is 1.41. The van der Waals surface area contributed by atoms with Gasteiger partial charge < -0.3 is 5.11 Å². The Morgan fingerprint density at radius 3 is 2.71 bits per heavy atom. The number of imidazole rings is 1. The van der Waals surface area contributed by atoms with Gasteiger partial charge in [0.05, 0.1) is 0 Å². The van der Waals surface area contributed by atoms with Gasteiger partial charge in [-0.3, -0.25) is 9.38 Å². The van der Waals surface area contributed by atoms with Crippen LogP contribution in [0.15, 0.2) is 42.9 Å². The Balaban J connectivity index is 2.36. The maximum Gasteiger partial charge on any atom is 0.159 e. The molecule has 3 heterocycles. The van der Waals surface area contributed by atoms with E-state index >= 15 is 0 Å². The molecule has 0 aromatic carbocycles. The van der Waals surface area contributed by atoms with E-state index in [1.165, 1.54) is 0 Å². The predicted octanol–water partition coefficient (Wildman–Crippen LogP) is 2.76. The molecule has 0 unspecified atom stereocenters. The highest BCUT2D eigenvalue weighted by molar-refractivity contribution is 6.33. The number of pyridine rings is 2. The fraction of sp³-hybridized carbons (Fsp3) is 0. The van der Waals surface area contributed by atoms with Gasteiger partial charge in [-0.15, -0.1) is 0 Å². The normalized spacial score (nSPS) is 10.9. The summed E-state index contributed by atoms with van der Waals surface area (Å²) in [4.78, 5) is 8.22. The highest BCUT2D eigenvalue weighted by Gasteiger charge is 2.13. The molecule has 0 atom stereocenters. The fourth-order valence-electron chi connectivity index (χ4n) is 1.78. The van der Waals surface area contributed by atoms with Gasteiger partial charge in [0.15, 0.2) is 5.15 Å². The summed E-state index contributed by atoms with van der Waals surface area (Å²) in [6, 6.07) is 7.01. The minimum atomic E-state index is 0.116. The molecule has 0 saturated heterocycles. The van der Waals surface area contributed by atoms with E-state index in [9.17, 15) is 5.11 Å². The lowest BCUT2D eigenvalue weighted by Crippen LogP contribution is -1.88. The number of rotatable bonds is 1. The van der Waals surface area contributed by atoms with Crippen molar-refractivity contribution >= 4 is 17.1 Å². The average Bonchev–Trinajstić information content (AvgIpc) is 2.69. The molecular weight excluding hydrogens is 238 g/mol. The first-order valence-electron chi connectivity index (χ1n) is 5.03. The number of aromatic nitrogens is 3. The fourth-order valence-corrected chi connectivity index (χ4v) is 2.05. The molecule has 1 N–H and O–H groups in total. The Morgan fingerprint density at radius 2 is 1.94 bits per heavy atom. The van der Waals surface area contributed by atoms with Crippen molar-refractivity contribution in [3.8, 4) is 17.1 Å². The molecule has 3 rings (SSSR count). The summed E-state index contributed by atoms with van der Waals surface area (Å²) >= 11 is 6.03. The lowest BCUT2D eigenvalue weighted by molar-refractivity contribution is 0.479. The molecule has 3 aromatic rings. The van der Waals surface area contributed by atoms with E-state index < -0.39 is 0 Å². The number of nitrogens with zero attached hydrogens (tertiary/aromatic N) is 3. The molecule has 0 saturated carbocycles. The third kappa shape index (κ3) is 1.54. The standard InChI is InChI=1S/C12H8ClN3O/c13-11-10-9(17)2-1-7-16(10)12(15-11)8-3-5-14-6-4-8/h1-7,17H. The molecule has 0 aliphatic carbocycles. The average molecular weight is 246 g/mol. The van der Waals surface area contributed by atoms with Gasteiger partial charge >= 0.3 is 0 Å². The van der Waals surface area contributed by atoms with E-state index in [0.717, 1.165) is 5.56 Å². The highest BCUT2D eigenvalue weighted by Crippen LogP contribution is 2.30. The van der Waals surface area contributed by atoms with Crippen molar-refractivity contribution in [3.05, 3.63) is 48.0 Å². The third-order valence-corrected chi connectivity index (χ3v) is 2.80. The molecule has 0 aliphatic rings. The maximum absolute atomic E-state index is 9.75. The van der Waals surface area contributed by atoms with Gasteiger partial charge in [0.25, 0.3) is 0 Å². The van der Waals surface area contributed by atoms with Crippen LogP contribution in [-0.2, 0) is 0 Å². The monoisotopic (exact) mass is 245 g/mol. The van der Waals surface area contributed by atoms with E-state index in [2.05, 4.69) is 9.97 Å². The first-order chi connectivity index (χ1) is 8.27. The van der Waals surface area contributed by atoms with Gasteiger partial charge in [0, 0.05) is 24.2 Å². The van der Waals surface area contributed by atoms with Crippen LogP contribution in [0.2, 0.25) is 5.15 Å². The van der Waals surface area contributed by atoms with Crippen LogP contribution >= 0.6 is 11.6 Å². The van der Waals surface area contributed by atoms with Gasteiger partial charge in [-0.25, -0.2) is 4.98 Å². The van der Waals surface area contributed by atoms with Crippen LogP contribution in [0, 0.1) is 0 Å². The van der Waals surface area contributed by atoms with Crippen molar-refractivity contribution in [3.63, 3.8) is 0 Å². The minimum absolute atomic E-state index is 0.116. The van der Waals surface area contributed by atoms with Crippen molar-refractivity contribution in [2.45, 2.75) is 0 Å². The number of aromatic hydroxyl groups is 1. The molecular formula is C12H8ClN3O. The van der Waals surface area contributed by atoms with Gasteiger partial charge in [-0.2, -0.15) is 0 Å². The van der Waals surface area contributed by atoms with Crippen LogP contribution in [0.1, 0.15) is 0 Å². The van der Waals surface area contributed by atoms with Gasteiger partial charge in [-0.1, -0.05) is 11.6 Å². The largest absolute Gasteiger partial charge is 0.506 e. The topological polar surface area (TPSA) is 50.4 Å². The van der Waals surface area contributed by atoms with Gasteiger partial charge in [0.2, 0.25) is 0 Å². The van der Waals surface area contributed by atoms with E-state index in [-0.39, 0.29) is 10.9 Å². The third-order valence-electron chi connectivity index (χ3n) is 2.54. The quantitative estimate of drug-likeness (QED) is 0.717. The first-order valence-corrected chi connectivity index (χ1v) is 5.41. The Morgan fingerprint density at radius 1 is 1.18 bits per heavy atom. The Labute approximate surface area is 102 Å². The van der Waals surface area contributed by atoms with Gasteiger partial charge in [-0.05, 0) is 24.3 Å². The summed E-state index contributed by atoms with van der Waals surface area (Å²) in [5, 5.41) is 10.0.